The smallest absolute Gasteiger partial charge is 0.245 e. The van der Waals surface area contributed by atoms with E-state index in [1.807, 2.05) is 67.6 Å². The molecule has 0 unspecified atom stereocenters. The molecule has 0 spiro atoms. The van der Waals surface area contributed by atoms with E-state index in [9.17, 15) is 0 Å². The second-order valence-corrected chi connectivity index (χ2v) is 8.20. The summed E-state index contributed by atoms with van der Waals surface area (Å²) in [5.41, 5.74) is 0.929. The van der Waals surface area contributed by atoms with E-state index in [0.29, 0.717) is 6.04 Å². The molecule has 0 radical (unpaired) electrons. The summed E-state index contributed by atoms with van der Waals surface area (Å²) < 4.78 is 6.07. The number of nitrogens with zero attached hydrogens (tertiary/aromatic N) is 8. The van der Waals surface area contributed by atoms with Crippen molar-refractivity contribution in [2.45, 2.75) is 72.3 Å². The number of aliphatic hydroxyl groups excluding tert-OH is 1. The number of imidazole rings is 2. The number of aliphatic hydroxyl groups is 1. The average Bonchev–Trinajstić information content (AvgIpc) is 3.77. The number of rotatable bonds is 5. The van der Waals surface area contributed by atoms with Crippen LogP contribution in [0.3, 0.4) is 0 Å². The summed E-state index contributed by atoms with van der Waals surface area (Å²) in [5, 5.41) is 15.0. The van der Waals surface area contributed by atoms with E-state index in [-0.39, 0.29) is 0 Å². The molecule has 36 heavy (non-hydrogen) atoms. The zero-order valence-electron chi connectivity index (χ0n) is 22.3. The molecule has 4 aromatic rings. The van der Waals surface area contributed by atoms with Gasteiger partial charge in [0.2, 0.25) is 5.95 Å². The van der Waals surface area contributed by atoms with Gasteiger partial charge in [-0.05, 0) is 37.8 Å². The molecule has 0 aromatic carbocycles. The van der Waals surface area contributed by atoms with Crippen LogP contribution in [0.25, 0.3) is 11.3 Å². The molecule has 2 N–H and O–H groups in total. The van der Waals surface area contributed by atoms with E-state index in [1.54, 1.807) is 6.33 Å². The predicted octanol–water partition coefficient (Wildman–Crippen LogP) is 5.23. The minimum Gasteiger partial charge on any atom is -0.400 e. The fourth-order valence-corrected chi connectivity index (χ4v) is 4.56. The van der Waals surface area contributed by atoms with E-state index in [0.717, 1.165) is 49.1 Å². The Morgan fingerprint density at radius 1 is 0.917 bits per heavy atom. The van der Waals surface area contributed by atoms with E-state index in [4.69, 9.17) is 10.1 Å². The highest BCUT2D eigenvalue weighted by Gasteiger charge is 2.19. The van der Waals surface area contributed by atoms with Crippen molar-refractivity contribution in [1.29, 1.82) is 0 Å². The summed E-state index contributed by atoms with van der Waals surface area (Å²) in [5.74, 6) is 3.14. The van der Waals surface area contributed by atoms with Crippen LogP contribution in [0.1, 0.15) is 72.3 Å². The molecular weight excluding hydrogens is 454 g/mol. The maximum Gasteiger partial charge on any atom is 0.245 e. The van der Waals surface area contributed by atoms with Gasteiger partial charge in [0.25, 0.3) is 0 Å². The van der Waals surface area contributed by atoms with Gasteiger partial charge in [-0.3, -0.25) is 4.57 Å². The van der Waals surface area contributed by atoms with Crippen LogP contribution in [-0.2, 0) is 0 Å². The van der Waals surface area contributed by atoms with E-state index in [2.05, 4.69) is 36.0 Å². The maximum atomic E-state index is 7.00. The Morgan fingerprint density at radius 2 is 1.64 bits per heavy atom. The minimum absolute atomic E-state index is 0.583. The summed E-state index contributed by atoms with van der Waals surface area (Å²) in [6.45, 7) is 10.0. The maximum absolute atomic E-state index is 7.00. The van der Waals surface area contributed by atoms with Gasteiger partial charge in [-0.2, -0.15) is 4.98 Å². The van der Waals surface area contributed by atoms with Crippen molar-refractivity contribution in [2.75, 3.05) is 30.4 Å². The molecule has 0 atom stereocenters. The average molecular weight is 496 g/mol. The van der Waals surface area contributed by atoms with Crippen molar-refractivity contribution in [2.24, 2.45) is 0 Å². The lowest BCUT2D eigenvalue weighted by atomic mass is 10.2. The van der Waals surface area contributed by atoms with Crippen LogP contribution in [-0.4, -0.2) is 59.0 Å². The van der Waals surface area contributed by atoms with Crippen LogP contribution in [0.15, 0.2) is 43.4 Å². The van der Waals surface area contributed by atoms with E-state index in [1.165, 1.54) is 38.5 Å². The van der Waals surface area contributed by atoms with Crippen molar-refractivity contribution in [3.05, 3.63) is 43.4 Å². The molecule has 2 fully saturated rings. The number of fused-ring (bicyclic) bond motifs is 1. The van der Waals surface area contributed by atoms with Crippen molar-refractivity contribution in [1.82, 2.24) is 33.7 Å². The summed E-state index contributed by atoms with van der Waals surface area (Å²) in [4.78, 5) is 16.2. The molecule has 5 heterocycles. The van der Waals surface area contributed by atoms with Crippen LogP contribution in [0.2, 0.25) is 0 Å². The first-order valence-electron chi connectivity index (χ1n) is 13.2. The highest BCUT2D eigenvalue weighted by molar-refractivity contribution is 5.73. The summed E-state index contributed by atoms with van der Waals surface area (Å²) in [7, 11) is 1.00. The second kappa shape index (κ2) is 13.6. The molecular formula is C26H41N9O. The lowest BCUT2D eigenvalue weighted by Gasteiger charge is -2.16. The van der Waals surface area contributed by atoms with Gasteiger partial charge < -0.3 is 19.9 Å². The van der Waals surface area contributed by atoms with Crippen molar-refractivity contribution < 1.29 is 5.11 Å². The van der Waals surface area contributed by atoms with Gasteiger partial charge in [0.1, 0.15) is 17.7 Å². The van der Waals surface area contributed by atoms with E-state index < -0.39 is 0 Å². The topological polar surface area (TPSA) is 101 Å². The highest BCUT2D eigenvalue weighted by Crippen LogP contribution is 2.30. The van der Waals surface area contributed by atoms with Gasteiger partial charge >= 0.3 is 0 Å². The predicted molar refractivity (Wildman–Crippen MR) is 145 cm³/mol. The lowest BCUT2D eigenvalue weighted by Crippen LogP contribution is -2.22. The number of nitrogens with one attached hydrogen (secondary N) is 1. The van der Waals surface area contributed by atoms with Gasteiger partial charge in [-0.1, -0.05) is 40.5 Å². The molecule has 0 amide bonds. The fourth-order valence-electron chi connectivity index (χ4n) is 4.56. The first-order valence-corrected chi connectivity index (χ1v) is 13.2. The second-order valence-electron chi connectivity index (χ2n) is 8.20. The number of hydrogen-bond acceptors (Lipinski definition) is 7. The van der Waals surface area contributed by atoms with Crippen LogP contribution >= 0.6 is 0 Å². The van der Waals surface area contributed by atoms with Crippen LogP contribution in [0.5, 0.6) is 0 Å². The van der Waals surface area contributed by atoms with Crippen LogP contribution < -0.4 is 10.2 Å². The largest absolute Gasteiger partial charge is 0.400 e. The molecule has 10 nitrogen and oxygen atoms in total. The molecule has 1 aliphatic carbocycles. The molecule has 1 aliphatic heterocycles. The number of anilines is 3. The monoisotopic (exact) mass is 495 g/mol. The molecule has 1 saturated heterocycles. The molecule has 6 rings (SSSR count). The summed E-state index contributed by atoms with van der Waals surface area (Å²) >= 11 is 0. The number of aromatic nitrogens is 7. The Morgan fingerprint density at radius 3 is 2.36 bits per heavy atom. The quantitative estimate of drug-likeness (QED) is 0.391. The third kappa shape index (κ3) is 6.04. The molecule has 1 saturated carbocycles. The molecule has 4 aromatic heterocycles. The Labute approximate surface area is 214 Å². The Kier molecular flexibility index (Phi) is 10.3. The summed E-state index contributed by atoms with van der Waals surface area (Å²) in [6.07, 6.45) is 17.2. The fraction of sp³-hybridized carbons (Fsp3) is 0.538. The SMILES string of the molecule is CC.CC.CO.c1cc2c(Nc3cn(-c4cn(C5CCCC5)cn4)cn3)nc(N3CCCC3)nn2c1. The van der Waals surface area contributed by atoms with Crippen molar-refractivity contribution >= 4 is 23.1 Å². The normalized spacial score (nSPS) is 15.0. The Bertz CT molecular complexity index is 1170. The molecule has 10 heteroatoms. The standard InChI is InChI=1S/C21H25N9.2C2H6.CH4O/c1-2-7-16(6-1)28-13-19(23-15-28)29-12-18(22-14-29)24-20-17-8-5-11-30(17)26-21(25-20)27-9-3-4-10-27;3*1-2/h5,8,11-16H,1-4,6-7,9-10H2,(H,24,25,26);2*1-2H3;2H,1H3. The third-order valence-electron chi connectivity index (χ3n) is 6.20. The van der Waals surface area contributed by atoms with Gasteiger partial charge in [0, 0.05) is 38.6 Å². The van der Waals surface area contributed by atoms with Crippen molar-refractivity contribution in [3.63, 3.8) is 0 Å². The minimum atomic E-state index is 0.583. The zero-order chi connectivity index (χ0) is 25.9. The number of hydrogen-bond donors (Lipinski definition) is 2. The first-order chi connectivity index (χ1) is 17.8. The molecule has 0 bridgehead atoms. The van der Waals surface area contributed by atoms with Crippen LogP contribution in [0, 0.1) is 0 Å². The van der Waals surface area contributed by atoms with Crippen LogP contribution in [0.4, 0.5) is 17.6 Å². The van der Waals surface area contributed by atoms with Gasteiger partial charge in [0.15, 0.2) is 11.6 Å². The highest BCUT2D eigenvalue weighted by atomic mass is 16.2. The zero-order valence-corrected chi connectivity index (χ0v) is 22.3. The Hall–Kier alpha value is -3.40. The molecule has 2 aliphatic rings. The first kappa shape index (κ1) is 27.2. The summed E-state index contributed by atoms with van der Waals surface area (Å²) in [6, 6.07) is 4.58. The van der Waals surface area contributed by atoms with Gasteiger partial charge in [-0.25, -0.2) is 14.5 Å². The third-order valence-corrected chi connectivity index (χ3v) is 6.20. The van der Waals surface area contributed by atoms with Gasteiger partial charge in [-0.15, -0.1) is 5.10 Å². The Balaban J connectivity index is 0.000000563. The van der Waals surface area contributed by atoms with Crippen molar-refractivity contribution in [3.8, 4) is 5.82 Å². The van der Waals surface area contributed by atoms with E-state index >= 15 is 0 Å². The van der Waals surface area contributed by atoms with Gasteiger partial charge in [0.05, 0.1) is 12.5 Å². The molecule has 196 valence electrons. The lowest BCUT2D eigenvalue weighted by molar-refractivity contribution is 0.399.